The number of aromatic amines is 1. The Hall–Kier alpha value is -2.80. The number of benzene rings is 2. The number of hydrogen-bond donors (Lipinski definition) is 1. The molecule has 2 aromatic heterocycles. The summed E-state index contributed by atoms with van der Waals surface area (Å²) in [5.74, 6) is 2.41. The van der Waals surface area contributed by atoms with Gasteiger partial charge in [0.05, 0.1) is 23.9 Å². The first-order chi connectivity index (χ1) is 12.2. The number of aryl methyl sites for hydroxylation is 1. The van der Waals surface area contributed by atoms with Gasteiger partial charge in [0.25, 0.3) is 0 Å². The fourth-order valence-electron chi connectivity index (χ4n) is 2.46. The Morgan fingerprint density at radius 3 is 2.76 bits per heavy atom. The molecule has 0 atom stereocenters. The molecule has 2 heterocycles. The Balaban J connectivity index is 1.46. The molecular weight excluding hydrogens is 336 g/mol. The summed E-state index contributed by atoms with van der Waals surface area (Å²) in [6, 6.07) is 13.7. The van der Waals surface area contributed by atoms with Gasteiger partial charge in [0.2, 0.25) is 11.8 Å². The van der Waals surface area contributed by atoms with E-state index < -0.39 is 0 Å². The number of thioether (sulfide) groups is 1. The minimum Gasteiger partial charge on any atom is -0.497 e. The first-order valence-electron chi connectivity index (χ1n) is 7.77. The lowest BCUT2D eigenvalue weighted by Gasteiger charge is -1.99. The van der Waals surface area contributed by atoms with Gasteiger partial charge in [-0.15, -0.1) is 10.2 Å². The van der Waals surface area contributed by atoms with E-state index in [1.807, 2.05) is 30.3 Å². The van der Waals surface area contributed by atoms with Gasteiger partial charge >= 0.3 is 0 Å². The first-order valence-corrected chi connectivity index (χ1v) is 8.76. The van der Waals surface area contributed by atoms with Crippen LogP contribution in [0.15, 0.2) is 52.0 Å². The van der Waals surface area contributed by atoms with Crippen LogP contribution in [0.3, 0.4) is 0 Å². The fraction of sp³-hybridized carbons (Fsp3) is 0.167. The standard InChI is InChI=1S/C18H16N4O2S/c1-11-3-8-14-15(9-11)20-18(19-14)25-10-16-21-22-17(24-16)12-4-6-13(23-2)7-5-12/h3-9H,10H2,1-2H3,(H,19,20). The minimum atomic E-state index is 0.499. The molecule has 0 saturated heterocycles. The van der Waals surface area contributed by atoms with Crippen LogP contribution < -0.4 is 4.74 Å². The zero-order chi connectivity index (χ0) is 17.2. The van der Waals surface area contributed by atoms with Gasteiger partial charge in [-0.05, 0) is 48.9 Å². The van der Waals surface area contributed by atoms with Gasteiger partial charge in [-0.3, -0.25) is 0 Å². The van der Waals surface area contributed by atoms with Crippen LogP contribution in [0.5, 0.6) is 5.75 Å². The second-order valence-corrected chi connectivity index (χ2v) is 6.54. The number of nitrogens with zero attached hydrogens (tertiary/aromatic N) is 3. The van der Waals surface area contributed by atoms with E-state index in [1.54, 1.807) is 7.11 Å². The maximum absolute atomic E-state index is 5.73. The van der Waals surface area contributed by atoms with Crippen molar-refractivity contribution in [1.29, 1.82) is 0 Å². The largest absolute Gasteiger partial charge is 0.497 e. The number of imidazole rings is 1. The quantitative estimate of drug-likeness (QED) is 0.542. The van der Waals surface area contributed by atoms with E-state index in [0.29, 0.717) is 17.5 Å². The number of ether oxygens (including phenoxy) is 1. The maximum Gasteiger partial charge on any atom is 0.247 e. The molecule has 0 fully saturated rings. The number of hydrogen-bond acceptors (Lipinski definition) is 6. The summed E-state index contributed by atoms with van der Waals surface area (Å²) in [7, 11) is 1.64. The van der Waals surface area contributed by atoms with E-state index in [2.05, 4.69) is 39.2 Å². The molecule has 126 valence electrons. The molecule has 0 aliphatic rings. The summed E-state index contributed by atoms with van der Waals surface area (Å²) in [4.78, 5) is 7.86. The van der Waals surface area contributed by atoms with Crippen molar-refractivity contribution < 1.29 is 9.15 Å². The van der Waals surface area contributed by atoms with Gasteiger partial charge in [0.15, 0.2) is 5.16 Å². The third kappa shape index (κ3) is 3.36. The van der Waals surface area contributed by atoms with Crippen LogP contribution in [-0.2, 0) is 5.75 Å². The minimum absolute atomic E-state index is 0.499. The maximum atomic E-state index is 5.73. The molecule has 1 N–H and O–H groups in total. The lowest BCUT2D eigenvalue weighted by molar-refractivity contribution is 0.415. The summed E-state index contributed by atoms with van der Waals surface area (Å²) >= 11 is 1.54. The van der Waals surface area contributed by atoms with Crippen molar-refractivity contribution >= 4 is 22.8 Å². The number of rotatable bonds is 5. The van der Waals surface area contributed by atoms with Crippen molar-refractivity contribution in [3.63, 3.8) is 0 Å². The fourth-order valence-corrected chi connectivity index (χ4v) is 3.18. The highest BCUT2D eigenvalue weighted by Gasteiger charge is 2.11. The topological polar surface area (TPSA) is 76.8 Å². The molecule has 6 nitrogen and oxygen atoms in total. The summed E-state index contributed by atoms with van der Waals surface area (Å²) in [5, 5.41) is 9.05. The average Bonchev–Trinajstić information content (AvgIpc) is 3.26. The molecule has 25 heavy (non-hydrogen) atoms. The Labute approximate surface area is 148 Å². The van der Waals surface area contributed by atoms with Gasteiger partial charge in [-0.2, -0.15) is 0 Å². The van der Waals surface area contributed by atoms with Crippen molar-refractivity contribution in [1.82, 2.24) is 20.2 Å². The van der Waals surface area contributed by atoms with Crippen LogP contribution in [-0.4, -0.2) is 27.3 Å². The molecule has 0 radical (unpaired) electrons. The molecule has 4 rings (SSSR count). The average molecular weight is 352 g/mol. The Morgan fingerprint density at radius 2 is 1.96 bits per heavy atom. The summed E-state index contributed by atoms with van der Waals surface area (Å²) in [6.45, 7) is 2.06. The van der Waals surface area contributed by atoms with E-state index >= 15 is 0 Å². The van der Waals surface area contributed by atoms with Crippen molar-refractivity contribution in [2.24, 2.45) is 0 Å². The molecule has 0 aliphatic carbocycles. The lowest BCUT2D eigenvalue weighted by atomic mass is 10.2. The van der Waals surface area contributed by atoms with Crippen LogP contribution in [0.2, 0.25) is 0 Å². The Bertz CT molecular complexity index is 1010. The molecule has 0 unspecified atom stereocenters. The van der Waals surface area contributed by atoms with E-state index in [9.17, 15) is 0 Å². The Morgan fingerprint density at radius 1 is 1.12 bits per heavy atom. The third-order valence-electron chi connectivity index (χ3n) is 3.75. The van der Waals surface area contributed by atoms with Crippen molar-refractivity contribution in [3.05, 3.63) is 53.9 Å². The van der Waals surface area contributed by atoms with Crippen LogP contribution >= 0.6 is 11.8 Å². The summed E-state index contributed by atoms with van der Waals surface area (Å²) in [5.41, 5.74) is 4.06. The SMILES string of the molecule is COc1ccc(-c2nnc(CSc3nc4ccc(C)cc4[nH]3)o2)cc1. The highest BCUT2D eigenvalue weighted by molar-refractivity contribution is 7.98. The van der Waals surface area contributed by atoms with E-state index in [0.717, 1.165) is 27.5 Å². The second kappa shape index (κ2) is 6.60. The van der Waals surface area contributed by atoms with Gasteiger partial charge < -0.3 is 14.1 Å². The lowest BCUT2D eigenvalue weighted by Crippen LogP contribution is -1.82. The third-order valence-corrected chi connectivity index (χ3v) is 4.61. The second-order valence-electron chi connectivity index (χ2n) is 5.58. The van der Waals surface area contributed by atoms with Crippen LogP contribution in [0.4, 0.5) is 0 Å². The number of methoxy groups -OCH3 is 1. The molecule has 0 aliphatic heterocycles. The molecule has 0 saturated carbocycles. The Kier molecular flexibility index (Phi) is 4.15. The molecule has 0 spiro atoms. The van der Waals surface area contributed by atoms with E-state index in [-0.39, 0.29) is 0 Å². The first kappa shape index (κ1) is 15.7. The molecular formula is C18H16N4O2S. The predicted molar refractivity (Wildman–Crippen MR) is 96.7 cm³/mol. The molecule has 0 bridgehead atoms. The number of nitrogens with one attached hydrogen (secondary N) is 1. The molecule has 7 heteroatoms. The number of H-pyrrole nitrogens is 1. The van der Waals surface area contributed by atoms with Gasteiger partial charge in [0.1, 0.15) is 5.75 Å². The van der Waals surface area contributed by atoms with Crippen LogP contribution in [0.1, 0.15) is 11.5 Å². The zero-order valence-corrected chi connectivity index (χ0v) is 14.6. The highest BCUT2D eigenvalue weighted by atomic mass is 32.2. The smallest absolute Gasteiger partial charge is 0.247 e. The summed E-state index contributed by atoms with van der Waals surface area (Å²) in [6.07, 6.45) is 0. The van der Waals surface area contributed by atoms with Gasteiger partial charge in [-0.1, -0.05) is 17.8 Å². The zero-order valence-electron chi connectivity index (χ0n) is 13.8. The highest BCUT2D eigenvalue weighted by Crippen LogP contribution is 2.25. The monoisotopic (exact) mass is 352 g/mol. The summed E-state index contributed by atoms with van der Waals surface area (Å²) < 4.78 is 10.9. The number of aromatic nitrogens is 4. The number of fused-ring (bicyclic) bond motifs is 1. The van der Waals surface area contributed by atoms with Crippen molar-refractivity contribution in [2.45, 2.75) is 17.8 Å². The van der Waals surface area contributed by atoms with E-state index in [4.69, 9.17) is 9.15 Å². The van der Waals surface area contributed by atoms with Crippen molar-refractivity contribution in [2.75, 3.05) is 7.11 Å². The van der Waals surface area contributed by atoms with Gasteiger partial charge in [-0.25, -0.2) is 4.98 Å². The van der Waals surface area contributed by atoms with E-state index in [1.165, 1.54) is 17.3 Å². The molecule has 2 aromatic carbocycles. The normalized spacial score (nSPS) is 11.1. The molecule has 4 aromatic rings. The van der Waals surface area contributed by atoms with Gasteiger partial charge in [0, 0.05) is 5.56 Å². The van der Waals surface area contributed by atoms with Crippen molar-refractivity contribution in [3.8, 4) is 17.2 Å². The van der Waals surface area contributed by atoms with Crippen LogP contribution in [0, 0.1) is 6.92 Å². The predicted octanol–water partition coefficient (Wildman–Crippen LogP) is 4.22. The van der Waals surface area contributed by atoms with Crippen LogP contribution in [0.25, 0.3) is 22.5 Å². The molecule has 0 amide bonds.